The highest BCUT2D eigenvalue weighted by Crippen LogP contribution is 1.82. The fraction of sp³-hybridized carbons (Fsp3) is 0.833. The van der Waals surface area contributed by atoms with Gasteiger partial charge in [0.1, 0.15) is 5.78 Å². The Balaban J connectivity index is 2.83. The van der Waals surface area contributed by atoms with Crippen molar-refractivity contribution in [2.45, 2.75) is 13.3 Å². The zero-order valence-corrected chi connectivity index (χ0v) is 5.59. The van der Waals surface area contributed by atoms with Crippen molar-refractivity contribution in [2.75, 3.05) is 19.8 Å². The van der Waals surface area contributed by atoms with Crippen LogP contribution in [0.2, 0.25) is 0 Å². The molecule has 0 spiro atoms. The highest BCUT2D eigenvalue weighted by molar-refractivity contribution is 5.75. The maximum atomic E-state index is 10.3. The molecule has 3 nitrogen and oxygen atoms in total. The summed E-state index contributed by atoms with van der Waals surface area (Å²) in [6.45, 7) is 2.30. The maximum Gasteiger partial charge on any atom is 0.132 e. The molecule has 0 amide bonds. The second-order valence-corrected chi connectivity index (χ2v) is 1.79. The third-order valence-electron chi connectivity index (χ3n) is 0.834. The summed E-state index contributed by atoms with van der Waals surface area (Å²) < 4.78 is 4.82. The minimum atomic E-state index is 0.0257. The van der Waals surface area contributed by atoms with E-state index in [1.54, 1.807) is 0 Å². The van der Waals surface area contributed by atoms with Gasteiger partial charge in [0, 0.05) is 6.42 Å². The van der Waals surface area contributed by atoms with Gasteiger partial charge in [-0.3, -0.25) is 4.79 Å². The first-order chi connectivity index (χ1) is 4.27. The molecule has 3 heteroatoms. The Morgan fingerprint density at radius 2 is 2.22 bits per heavy atom. The lowest BCUT2D eigenvalue weighted by Crippen LogP contribution is -2.03. The Labute approximate surface area is 54.6 Å². The molecule has 0 atom stereocenters. The van der Waals surface area contributed by atoms with Gasteiger partial charge in [0.25, 0.3) is 0 Å². The van der Waals surface area contributed by atoms with Crippen LogP contribution in [0.3, 0.4) is 0 Å². The van der Waals surface area contributed by atoms with Gasteiger partial charge in [-0.2, -0.15) is 0 Å². The van der Waals surface area contributed by atoms with E-state index in [4.69, 9.17) is 9.84 Å². The van der Waals surface area contributed by atoms with Crippen molar-refractivity contribution in [3.8, 4) is 0 Å². The zero-order chi connectivity index (χ0) is 7.11. The van der Waals surface area contributed by atoms with Crippen LogP contribution in [-0.2, 0) is 9.53 Å². The number of carbonyl (C=O) groups excluding carboxylic acids is 1. The number of aliphatic hydroxyl groups excluding tert-OH is 1. The lowest BCUT2D eigenvalue weighted by Gasteiger charge is -1.97. The number of carbonyl (C=O) groups is 1. The van der Waals surface area contributed by atoms with Crippen LogP contribution in [0.15, 0.2) is 0 Å². The largest absolute Gasteiger partial charge is 0.394 e. The van der Waals surface area contributed by atoms with Crippen molar-refractivity contribution in [2.24, 2.45) is 0 Å². The van der Waals surface area contributed by atoms with Crippen LogP contribution in [-0.4, -0.2) is 30.7 Å². The summed E-state index contributed by atoms with van der Waals surface area (Å²) in [6.07, 6.45) is 0.444. The van der Waals surface area contributed by atoms with Crippen molar-refractivity contribution in [1.29, 1.82) is 0 Å². The molecule has 9 heavy (non-hydrogen) atoms. The number of aliphatic hydroxyl groups is 1. The van der Waals surface area contributed by atoms with E-state index >= 15 is 0 Å². The van der Waals surface area contributed by atoms with E-state index in [0.717, 1.165) is 0 Å². The molecule has 1 N–H and O–H groups in total. The van der Waals surface area contributed by atoms with Crippen molar-refractivity contribution < 1.29 is 14.6 Å². The van der Waals surface area contributed by atoms with Crippen molar-refractivity contribution in [3.63, 3.8) is 0 Å². The third-order valence-corrected chi connectivity index (χ3v) is 0.834. The fourth-order valence-electron chi connectivity index (χ4n) is 0.383. The lowest BCUT2D eigenvalue weighted by molar-refractivity contribution is -0.118. The maximum absolute atomic E-state index is 10.3. The zero-order valence-electron chi connectivity index (χ0n) is 5.59. The highest BCUT2D eigenvalue weighted by Gasteiger charge is 1.91. The molecule has 0 aromatic rings. The van der Waals surface area contributed by atoms with Gasteiger partial charge < -0.3 is 9.84 Å². The second kappa shape index (κ2) is 5.72. The van der Waals surface area contributed by atoms with Crippen LogP contribution < -0.4 is 0 Å². The minimum Gasteiger partial charge on any atom is -0.394 e. The van der Waals surface area contributed by atoms with Crippen LogP contribution >= 0.6 is 0 Å². The smallest absolute Gasteiger partial charge is 0.132 e. The van der Waals surface area contributed by atoms with E-state index in [0.29, 0.717) is 19.6 Å². The molecule has 0 aliphatic carbocycles. The molecule has 0 aromatic carbocycles. The molecule has 0 aliphatic heterocycles. The predicted octanol–water partition coefficient (Wildman–Crippen LogP) is -0.0256. The number of ether oxygens (including phenoxy) is 1. The van der Waals surface area contributed by atoms with Crippen molar-refractivity contribution >= 4 is 5.78 Å². The molecule has 0 heterocycles. The molecule has 0 rings (SSSR count). The van der Waals surface area contributed by atoms with Gasteiger partial charge in [-0.1, -0.05) is 0 Å². The summed E-state index contributed by atoms with van der Waals surface area (Å²) >= 11 is 0. The second-order valence-electron chi connectivity index (χ2n) is 1.79. The first-order valence-electron chi connectivity index (χ1n) is 2.95. The molecule has 0 aromatic heterocycles. The Hall–Kier alpha value is -0.410. The monoisotopic (exact) mass is 132 g/mol. The summed E-state index contributed by atoms with van der Waals surface area (Å²) in [7, 11) is 0. The number of hydrogen-bond acceptors (Lipinski definition) is 3. The molecule has 0 unspecified atom stereocenters. The standard InChI is InChI=1S/C6H12O3/c1-6(8)2-4-9-5-3-7/h7H,2-5H2,1H3. The van der Waals surface area contributed by atoms with Crippen LogP contribution in [0.1, 0.15) is 13.3 Å². The summed E-state index contributed by atoms with van der Waals surface area (Å²) in [5, 5.41) is 8.22. The number of hydrogen-bond donors (Lipinski definition) is 1. The average Bonchev–Trinajstić information content (AvgIpc) is 1.80. The van der Waals surface area contributed by atoms with Gasteiger partial charge in [0.15, 0.2) is 0 Å². The molecular weight excluding hydrogens is 120 g/mol. The SMILES string of the molecule is CC(=O)CCOCCO. The summed E-state index contributed by atoms with van der Waals surface area (Å²) in [6, 6.07) is 0. The van der Waals surface area contributed by atoms with E-state index < -0.39 is 0 Å². The Kier molecular flexibility index (Phi) is 5.46. The summed E-state index contributed by atoms with van der Waals surface area (Å²) in [4.78, 5) is 10.3. The van der Waals surface area contributed by atoms with Gasteiger partial charge in [-0.25, -0.2) is 0 Å². The van der Waals surface area contributed by atoms with E-state index in [9.17, 15) is 4.79 Å². The number of rotatable bonds is 5. The molecule has 0 bridgehead atoms. The van der Waals surface area contributed by atoms with Crippen LogP contribution in [0.5, 0.6) is 0 Å². The predicted molar refractivity (Wildman–Crippen MR) is 33.2 cm³/mol. The van der Waals surface area contributed by atoms with Crippen molar-refractivity contribution in [3.05, 3.63) is 0 Å². The van der Waals surface area contributed by atoms with E-state index in [1.807, 2.05) is 0 Å². The van der Waals surface area contributed by atoms with Gasteiger partial charge in [-0.05, 0) is 6.92 Å². The average molecular weight is 132 g/mol. The van der Waals surface area contributed by atoms with E-state index in [2.05, 4.69) is 0 Å². The first-order valence-corrected chi connectivity index (χ1v) is 2.95. The lowest BCUT2D eigenvalue weighted by atomic mass is 10.3. The van der Waals surface area contributed by atoms with E-state index in [-0.39, 0.29) is 12.4 Å². The molecule has 0 saturated heterocycles. The van der Waals surface area contributed by atoms with Gasteiger partial charge in [-0.15, -0.1) is 0 Å². The quantitative estimate of drug-likeness (QED) is 0.534. The molecule has 0 fully saturated rings. The van der Waals surface area contributed by atoms with E-state index in [1.165, 1.54) is 6.92 Å². The van der Waals surface area contributed by atoms with Crippen LogP contribution in [0, 0.1) is 0 Å². The highest BCUT2D eigenvalue weighted by atomic mass is 16.5. The van der Waals surface area contributed by atoms with Crippen molar-refractivity contribution in [1.82, 2.24) is 0 Å². The van der Waals surface area contributed by atoms with Gasteiger partial charge in [0.05, 0.1) is 19.8 Å². The third kappa shape index (κ3) is 7.59. The normalized spacial score (nSPS) is 9.56. The number of Topliss-reactive ketones (excluding diaryl/α,β-unsaturated/α-hetero) is 1. The molecule has 0 radical (unpaired) electrons. The fourth-order valence-corrected chi connectivity index (χ4v) is 0.383. The minimum absolute atomic E-state index is 0.0257. The topological polar surface area (TPSA) is 46.5 Å². The Morgan fingerprint density at radius 3 is 2.67 bits per heavy atom. The molecular formula is C6H12O3. The summed E-state index contributed by atoms with van der Waals surface area (Å²) in [5.74, 6) is 0.118. The molecule has 54 valence electrons. The Morgan fingerprint density at radius 1 is 1.56 bits per heavy atom. The molecule has 0 saturated carbocycles. The van der Waals surface area contributed by atoms with Gasteiger partial charge in [0.2, 0.25) is 0 Å². The van der Waals surface area contributed by atoms with Crippen LogP contribution in [0.25, 0.3) is 0 Å². The van der Waals surface area contributed by atoms with Crippen LogP contribution in [0.4, 0.5) is 0 Å². The number of ketones is 1. The first kappa shape index (κ1) is 8.59. The van der Waals surface area contributed by atoms with Gasteiger partial charge >= 0.3 is 0 Å². The Bertz CT molecular complexity index is 80.4. The molecule has 0 aliphatic rings. The summed E-state index contributed by atoms with van der Waals surface area (Å²) in [5.41, 5.74) is 0.